The molecule has 1 N–H and O–H groups in total. The van der Waals surface area contributed by atoms with Gasteiger partial charge in [0.25, 0.3) is 10.0 Å². The SMILES string of the molecule is Cc1cccc(S(=O)(=O)N2C[C@H](CCC(=O)C(C)(C)O)Oc3ccc(-c4cc(F)cc(F)c4Cl)cc32)c1. The van der Waals surface area contributed by atoms with Gasteiger partial charge in [0.1, 0.15) is 29.1 Å². The minimum Gasteiger partial charge on any atom is -0.486 e. The number of Topliss-reactive ketones (excluding diaryl/α,β-unsaturated/α-hetero) is 1. The quantitative estimate of drug-likeness (QED) is 0.384. The van der Waals surface area contributed by atoms with Crippen LogP contribution in [0.1, 0.15) is 32.3 Å². The summed E-state index contributed by atoms with van der Waals surface area (Å²) in [6.45, 7) is 4.44. The molecule has 4 rings (SSSR count). The number of aryl methyl sites for hydroxylation is 1. The number of halogens is 3. The predicted molar refractivity (Wildman–Crippen MR) is 137 cm³/mol. The molecule has 3 aromatic carbocycles. The smallest absolute Gasteiger partial charge is 0.264 e. The third-order valence-corrected chi connectivity index (χ3v) is 8.31. The van der Waals surface area contributed by atoms with Crippen LogP contribution in [0, 0.1) is 18.6 Å². The van der Waals surface area contributed by atoms with E-state index in [0.29, 0.717) is 11.6 Å². The van der Waals surface area contributed by atoms with Crippen LogP contribution in [0.4, 0.5) is 14.5 Å². The highest BCUT2D eigenvalue weighted by Crippen LogP contribution is 2.42. The van der Waals surface area contributed by atoms with Gasteiger partial charge >= 0.3 is 0 Å². The predicted octanol–water partition coefficient (Wildman–Crippen LogP) is 5.67. The number of sulfonamides is 1. The van der Waals surface area contributed by atoms with Crippen LogP contribution in [-0.2, 0) is 14.8 Å². The number of aliphatic hydroxyl groups is 1. The lowest BCUT2D eigenvalue weighted by Crippen LogP contribution is -2.44. The Morgan fingerprint density at radius 2 is 1.89 bits per heavy atom. The molecule has 3 aromatic rings. The Morgan fingerprint density at radius 3 is 2.57 bits per heavy atom. The molecule has 1 atom stereocenters. The Morgan fingerprint density at radius 1 is 1.16 bits per heavy atom. The molecular weight excluding hydrogens is 524 g/mol. The van der Waals surface area contributed by atoms with Crippen molar-refractivity contribution in [2.75, 3.05) is 10.8 Å². The van der Waals surface area contributed by atoms with E-state index in [1.165, 1.54) is 42.4 Å². The normalized spacial score (nSPS) is 15.8. The zero-order valence-corrected chi connectivity index (χ0v) is 22.0. The molecular formula is C27H26ClF2NO5S. The summed E-state index contributed by atoms with van der Waals surface area (Å²) in [5.74, 6) is -1.94. The second-order valence-corrected chi connectivity index (χ2v) is 11.8. The molecule has 0 aliphatic carbocycles. The van der Waals surface area contributed by atoms with E-state index in [4.69, 9.17) is 16.3 Å². The monoisotopic (exact) mass is 549 g/mol. The molecule has 0 amide bonds. The minimum absolute atomic E-state index is 0.0158. The van der Waals surface area contributed by atoms with E-state index in [1.54, 1.807) is 25.1 Å². The van der Waals surface area contributed by atoms with Crippen molar-refractivity contribution in [3.05, 3.63) is 76.8 Å². The van der Waals surface area contributed by atoms with E-state index in [1.807, 2.05) is 0 Å². The molecule has 196 valence electrons. The van der Waals surface area contributed by atoms with E-state index in [9.17, 15) is 27.1 Å². The molecule has 0 unspecified atom stereocenters. The van der Waals surface area contributed by atoms with Crippen LogP contribution in [-0.4, -0.2) is 37.6 Å². The first kappa shape index (κ1) is 27.0. The number of rotatable bonds is 7. The Hall–Kier alpha value is -3.01. The van der Waals surface area contributed by atoms with E-state index in [-0.39, 0.29) is 46.3 Å². The van der Waals surface area contributed by atoms with Gasteiger partial charge in [-0.25, -0.2) is 17.2 Å². The summed E-state index contributed by atoms with van der Waals surface area (Å²) in [5.41, 5.74) is -0.241. The number of ketones is 1. The lowest BCUT2D eigenvalue weighted by molar-refractivity contribution is -0.134. The molecule has 1 aliphatic rings. The zero-order valence-electron chi connectivity index (χ0n) is 20.5. The number of nitrogens with zero attached hydrogens (tertiary/aromatic N) is 1. The second-order valence-electron chi connectivity index (χ2n) is 9.55. The van der Waals surface area contributed by atoms with E-state index in [0.717, 1.165) is 11.6 Å². The lowest BCUT2D eigenvalue weighted by Gasteiger charge is -2.36. The molecule has 0 spiro atoms. The minimum atomic E-state index is -4.09. The largest absolute Gasteiger partial charge is 0.486 e. The van der Waals surface area contributed by atoms with Crippen LogP contribution in [0.25, 0.3) is 11.1 Å². The summed E-state index contributed by atoms with van der Waals surface area (Å²) in [6, 6.07) is 12.7. The number of carbonyl (C=O) groups is 1. The number of benzene rings is 3. The number of fused-ring (bicyclic) bond motifs is 1. The third-order valence-electron chi connectivity index (χ3n) is 6.15. The van der Waals surface area contributed by atoms with Gasteiger partial charge in [0.2, 0.25) is 0 Å². The van der Waals surface area contributed by atoms with Crippen molar-refractivity contribution in [2.45, 2.75) is 50.2 Å². The first-order valence-electron chi connectivity index (χ1n) is 11.6. The summed E-state index contributed by atoms with van der Waals surface area (Å²) in [7, 11) is -4.09. The molecule has 0 radical (unpaired) electrons. The van der Waals surface area contributed by atoms with Gasteiger partial charge in [-0.15, -0.1) is 0 Å². The highest BCUT2D eigenvalue weighted by Gasteiger charge is 2.36. The molecule has 0 saturated carbocycles. The Kier molecular flexibility index (Phi) is 7.34. The number of carbonyl (C=O) groups excluding carboxylic acids is 1. The Labute approximate surface area is 219 Å². The maximum atomic E-state index is 14.1. The van der Waals surface area contributed by atoms with Crippen LogP contribution < -0.4 is 9.04 Å². The topological polar surface area (TPSA) is 83.9 Å². The number of hydrogen-bond acceptors (Lipinski definition) is 5. The van der Waals surface area contributed by atoms with Gasteiger partial charge in [0.05, 0.1) is 22.2 Å². The van der Waals surface area contributed by atoms with Gasteiger partial charge in [-0.3, -0.25) is 9.10 Å². The molecule has 0 bridgehead atoms. The van der Waals surface area contributed by atoms with Gasteiger partial charge in [0.15, 0.2) is 5.78 Å². The highest BCUT2D eigenvalue weighted by molar-refractivity contribution is 7.92. The first-order valence-corrected chi connectivity index (χ1v) is 13.4. The van der Waals surface area contributed by atoms with Gasteiger partial charge in [0, 0.05) is 18.1 Å². The van der Waals surface area contributed by atoms with Gasteiger partial charge < -0.3 is 9.84 Å². The fourth-order valence-corrected chi connectivity index (χ4v) is 5.95. The van der Waals surface area contributed by atoms with Crippen molar-refractivity contribution in [1.29, 1.82) is 0 Å². The fraction of sp³-hybridized carbons (Fsp3) is 0.296. The number of hydrogen-bond donors (Lipinski definition) is 1. The van der Waals surface area contributed by atoms with E-state index < -0.39 is 39.1 Å². The van der Waals surface area contributed by atoms with Crippen LogP contribution in [0.5, 0.6) is 5.75 Å². The molecule has 37 heavy (non-hydrogen) atoms. The molecule has 6 nitrogen and oxygen atoms in total. The van der Waals surface area contributed by atoms with Crippen molar-refractivity contribution in [3.8, 4) is 16.9 Å². The fourth-order valence-electron chi connectivity index (χ4n) is 4.12. The standard InChI is InChI=1S/C27H26ClF2NO5S/c1-16-5-4-6-20(11-16)37(34,35)31-15-19(8-10-25(32)27(2,3)33)36-24-9-7-17(12-23(24)31)21-13-18(29)14-22(30)26(21)28/h4-7,9,11-14,19,33H,8,10,15H2,1-3H3/t19-/m0/s1. The average Bonchev–Trinajstić information content (AvgIpc) is 2.83. The van der Waals surface area contributed by atoms with Crippen LogP contribution >= 0.6 is 11.6 Å². The maximum absolute atomic E-state index is 14.1. The number of anilines is 1. The van der Waals surface area contributed by atoms with Crippen molar-refractivity contribution < 1.29 is 31.8 Å². The maximum Gasteiger partial charge on any atom is 0.264 e. The summed E-state index contributed by atoms with van der Waals surface area (Å²) in [6.07, 6.45) is -0.525. The summed E-state index contributed by atoms with van der Waals surface area (Å²) in [4.78, 5) is 12.3. The Bertz CT molecular complexity index is 1470. The molecule has 0 saturated heterocycles. The summed E-state index contributed by atoms with van der Waals surface area (Å²) in [5, 5.41) is 9.67. The second kappa shape index (κ2) is 10.0. The molecule has 10 heteroatoms. The highest BCUT2D eigenvalue weighted by atomic mass is 35.5. The molecule has 0 fully saturated rings. The molecule has 1 aliphatic heterocycles. The summed E-state index contributed by atoms with van der Waals surface area (Å²) < 4.78 is 62.9. The van der Waals surface area contributed by atoms with Crippen LogP contribution in [0.2, 0.25) is 5.02 Å². The van der Waals surface area contributed by atoms with Crippen molar-refractivity contribution in [3.63, 3.8) is 0 Å². The third kappa shape index (κ3) is 5.63. The number of ether oxygens (including phenoxy) is 1. The van der Waals surface area contributed by atoms with E-state index in [2.05, 4.69) is 0 Å². The van der Waals surface area contributed by atoms with Gasteiger partial charge in [-0.05, 0) is 68.7 Å². The van der Waals surface area contributed by atoms with Crippen molar-refractivity contribution in [2.24, 2.45) is 0 Å². The summed E-state index contributed by atoms with van der Waals surface area (Å²) >= 11 is 6.10. The molecule has 0 aromatic heterocycles. The van der Waals surface area contributed by atoms with Crippen molar-refractivity contribution in [1.82, 2.24) is 0 Å². The van der Waals surface area contributed by atoms with Gasteiger partial charge in [-0.2, -0.15) is 0 Å². The first-order chi connectivity index (χ1) is 17.3. The van der Waals surface area contributed by atoms with E-state index >= 15 is 0 Å². The zero-order chi connectivity index (χ0) is 27.1. The lowest BCUT2D eigenvalue weighted by atomic mass is 9.97. The Balaban J connectivity index is 1.79. The van der Waals surface area contributed by atoms with Crippen molar-refractivity contribution >= 4 is 33.1 Å². The average molecular weight is 550 g/mol. The van der Waals surface area contributed by atoms with Gasteiger partial charge in [-0.1, -0.05) is 29.8 Å². The van der Waals surface area contributed by atoms with Crippen LogP contribution in [0.15, 0.2) is 59.5 Å². The molecule has 1 heterocycles. The van der Waals surface area contributed by atoms with Crippen LogP contribution in [0.3, 0.4) is 0 Å².